The van der Waals surface area contributed by atoms with Crippen LogP contribution < -0.4 is 16.0 Å². The number of benzene rings is 2. The van der Waals surface area contributed by atoms with Crippen molar-refractivity contribution in [1.82, 2.24) is 4.90 Å². The molecule has 3 N–H and O–H groups in total. The second kappa shape index (κ2) is 7.78. The summed E-state index contributed by atoms with van der Waals surface area (Å²) >= 11 is 0. The number of aliphatic imine (C=N–C) groups is 2. The van der Waals surface area contributed by atoms with Crippen LogP contribution in [0.2, 0.25) is 0 Å². The largest absolute Gasteiger partial charge is 0.368 e. The van der Waals surface area contributed by atoms with Gasteiger partial charge in [0.2, 0.25) is 18.2 Å². The summed E-state index contributed by atoms with van der Waals surface area (Å²) in [5.41, 5.74) is 13.1. The number of hydrogen-bond acceptors (Lipinski definition) is 6. The Morgan fingerprint density at radius 2 is 1.41 bits per heavy atom. The molecule has 2 aliphatic rings. The Kier molecular flexibility index (Phi) is 5.18. The molecule has 1 unspecified atom stereocenters. The van der Waals surface area contributed by atoms with E-state index in [0.717, 1.165) is 30.4 Å². The first-order chi connectivity index (χ1) is 13.9. The molecule has 0 aromatic heterocycles. The number of likely N-dealkylation sites (tertiary alicyclic amines) is 1. The van der Waals surface area contributed by atoms with Gasteiger partial charge in [-0.1, -0.05) is 12.1 Å². The summed E-state index contributed by atoms with van der Waals surface area (Å²) < 4.78 is 0. The minimum atomic E-state index is -0.356. The van der Waals surface area contributed by atoms with Crippen molar-refractivity contribution in [2.75, 3.05) is 23.3 Å². The average Bonchev–Trinajstić information content (AvgIpc) is 3.13. The maximum Gasteiger partial charge on any atom is 0.222 e. The zero-order chi connectivity index (χ0) is 20.5. The highest BCUT2D eigenvalue weighted by Gasteiger charge is 2.32. The van der Waals surface area contributed by atoms with E-state index in [9.17, 15) is 0 Å². The molecule has 0 aliphatic carbocycles. The van der Waals surface area contributed by atoms with Gasteiger partial charge in [-0.25, -0.2) is 4.99 Å². The third-order valence-corrected chi connectivity index (χ3v) is 5.32. The lowest BCUT2D eigenvalue weighted by Crippen LogP contribution is -2.54. The smallest absolute Gasteiger partial charge is 0.222 e. The van der Waals surface area contributed by atoms with Crippen LogP contribution in [-0.4, -0.2) is 36.2 Å². The van der Waals surface area contributed by atoms with Crippen LogP contribution in [0.4, 0.5) is 11.4 Å². The predicted octanol–water partition coefficient (Wildman–Crippen LogP) is 3.90. The van der Waals surface area contributed by atoms with Crippen molar-refractivity contribution in [1.29, 1.82) is 0 Å². The fourth-order valence-electron chi connectivity index (χ4n) is 4.27. The van der Waals surface area contributed by atoms with E-state index < -0.39 is 0 Å². The van der Waals surface area contributed by atoms with Crippen molar-refractivity contribution >= 4 is 23.3 Å². The fraction of sp³-hybridized carbons (Fsp3) is 0.391. The SMILES string of the molecule is Cc1cc(C)cc(NC2N=C(N)N=C(N3CCCC3)N2c2cc(C)cc(C)c2)c1. The number of nitrogens with one attached hydrogen (secondary N) is 1. The molecule has 4 rings (SSSR count). The Labute approximate surface area is 173 Å². The zero-order valence-corrected chi connectivity index (χ0v) is 17.7. The molecular formula is C23H30N6. The molecule has 2 aliphatic heterocycles. The normalized spacial score (nSPS) is 19.2. The van der Waals surface area contributed by atoms with Gasteiger partial charge >= 0.3 is 0 Å². The summed E-state index contributed by atoms with van der Waals surface area (Å²) in [7, 11) is 0. The van der Waals surface area contributed by atoms with Crippen molar-refractivity contribution < 1.29 is 0 Å². The van der Waals surface area contributed by atoms with E-state index in [4.69, 9.17) is 5.73 Å². The monoisotopic (exact) mass is 390 g/mol. The van der Waals surface area contributed by atoms with Gasteiger partial charge in [-0.3, -0.25) is 4.90 Å². The topological polar surface area (TPSA) is 69.2 Å². The molecule has 0 saturated carbocycles. The lowest BCUT2D eigenvalue weighted by atomic mass is 10.1. The summed E-state index contributed by atoms with van der Waals surface area (Å²) in [6.45, 7) is 10.4. The van der Waals surface area contributed by atoms with Gasteiger partial charge in [0, 0.05) is 24.5 Å². The summed E-state index contributed by atoms with van der Waals surface area (Å²) in [4.78, 5) is 13.8. The molecular weight excluding hydrogens is 360 g/mol. The second-order valence-electron chi connectivity index (χ2n) is 8.20. The Morgan fingerprint density at radius 1 is 0.862 bits per heavy atom. The minimum Gasteiger partial charge on any atom is -0.368 e. The van der Waals surface area contributed by atoms with Gasteiger partial charge in [-0.15, -0.1) is 0 Å². The number of rotatable bonds is 3. The molecule has 0 bridgehead atoms. The minimum absolute atomic E-state index is 0.314. The summed E-state index contributed by atoms with van der Waals surface area (Å²) in [5.74, 6) is 1.19. The van der Waals surface area contributed by atoms with Crippen LogP contribution in [0, 0.1) is 27.7 Å². The maximum absolute atomic E-state index is 6.17. The van der Waals surface area contributed by atoms with Gasteiger partial charge in [-0.2, -0.15) is 4.99 Å². The standard InChI is InChI=1S/C23H30N6/c1-15-9-16(2)12-19(11-15)25-22-26-21(24)27-23(28-7-5-6-8-28)29(22)20-13-17(3)10-18(4)14-20/h9-14,22,25H,5-8H2,1-4H3,(H2,24,26). The molecule has 2 aromatic carbocycles. The zero-order valence-electron chi connectivity index (χ0n) is 17.7. The van der Waals surface area contributed by atoms with E-state index >= 15 is 0 Å². The highest BCUT2D eigenvalue weighted by atomic mass is 15.5. The highest BCUT2D eigenvalue weighted by molar-refractivity contribution is 6.06. The summed E-state index contributed by atoms with van der Waals surface area (Å²) in [5, 5.41) is 3.58. The van der Waals surface area contributed by atoms with Crippen LogP contribution in [0.3, 0.4) is 0 Å². The molecule has 152 valence electrons. The lowest BCUT2D eigenvalue weighted by molar-refractivity contribution is 0.497. The number of guanidine groups is 2. The number of nitrogens with zero attached hydrogens (tertiary/aromatic N) is 4. The fourth-order valence-corrected chi connectivity index (χ4v) is 4.27. The van der Waals surface area contributed by atoms with Gasteiger partial charge in [0.05, 0.1) is 0 Å². The van der Waals surface area contributed by atoms with Crippen molar-refractivity contribution in [3.8, 4) is 0 Å². The second-order valence-corrected chi connectivity index (χ2v) is 8.20. The molecule has 2 heterocycles. The first-order valence-electron chi connectivity index (χ1n) is 10.3. The predicted molar refractivity (Wildman–Crippen MR) is 122 cm³/mol. The Morgan fingerprint density at radius 3 is 2.00 bits per heavy atom. The van der Waals surface area contributed by atoms with E-state index in [-0.39, 0.29) is 6.29 Å². The van der Waals surface area contributed by atoms with Crippen molar-refractivity contribution in [3.05, 3.63) is 58.7 Å². The van der Waals surface area contributed by atoms with E-state index in [2.05, 4.69) is 89.2 Å². The first kappa shape index (κ1) is 19.3. The van der Waals surface area contributed by atoms with Gasteiger partial charge < -0.3 is 16.0 Å². The molecule has 0 spiro atoms. The van der Waals surface area contributed by atoms with Crippen LogP contribution in [0.5, 0.6) is 0 Å². The molecule has 6 heteroatoms. The average molecular weight is 391 g/mol. The first-order valence-corrected chi connectivity index (χ1v) is 10.3. The number of hydrogen-bond donors (Lipinski definition) is 2. The quantitative estimate of drug-likeness (QED) is 0.834. The molecule has 6 nitrogen and oxygen atoms in total. The van der Waals surface area contributed by atoms with Gasteiger partial charge in [0.25, 0.3) is 0 Å². The molecule has 0 amide bonds. The van der Waals surface area contributed by atoms with Crippen molar-refractivity contribution in [2.45, 2.75) is 46.8 Å². The van der Waals surface area contributed by atoms with E-state index in [1.165, 1.54) is 35.1 Å². The third kappa shape index (κ3) is 4.21. The van der Waals surface area contributed by atoms with Crippen molar-refractivity contribution in [3.63, 3.8) is 0 Å². The number of aryl methyl sites for hydroxylation is 4. The van der Waals surface area contributed by atoms with E-state index in [0.29, 0.717) is 5.96 Å². The Balaban J connectivity index is 1.77. The number of nitrogens with two attached hydrogens (primary N) is 1. The third-order valence-electron chi connectivity index (χ3n) is 5.32. The molecule has 1 fully saturated rings. The Bertz CT molecular complexity index is 931. The summed E-state index contributed by atoms with van der Waals surface area (Å²) in [6, 6.07) is 13.0. The Hall–Kier alpha value is -3.02. The van der Waals surface area contributed by atoms with Crippen LogP contribution in [0.15, 0.2) is 46.4 Å². The van der Waals surface area contributed by atoms with Gasteiger partial charge in [0.1, 0.15) is 0 Å². The van der Waals surface area contributed by atoms with Crippen LogP contribution in [0.1, 0.15) is 35.1 Å². The molecule has 1 atom stereocenters. The van der Waals surface area contributed by atoms with Crippen LogP contribution in [0.25, 0.3) is 0 Å². The van der Waals surface area contributed by atoms with Crippen LogP contribution >= 0.6 is 0 Å². The van der Waals surface area contributed by atoms with Gasteiger partial charge in [-0.05, 0) is 87.1 Å². The summed E-state index contributed by atoms with van der Waals surface area (Å²) in [6.07, 6.45) is 1.99. The van der Waals surface area contributed by atoms with E-state index in [1.807, 2.05) is 0 Å². The molecule has 2 aromatic rings. The lowest BCUT2D eigenvalue weighted by Gasteiger charge is -2.38. The van der Waals surface area contributed by atoms with Crippen molar-refractivity contribution in [2.24, 2.45) is 15.7 Å². The van der Waals surface area contributed by atoms with E-state index in [1.54, 1.807) is 0 Å². The molecule has 0 radical (unpaired) electrons. The molecule has 1 saturated heterocycles. The highest BCUT2D eigenvalue weighted by Crippen LogP contribution is 2.28. The van der Waals surface area contributed by atoms with Crippen LogP contribution in [-0.2, 0) is 0 Å². The number of anilines is 2. The van der Waals surface area contributed by atoms with Gasteiger partial charge in [0.15, 0.2) is 0 Å². The molecule has 29 heavy (non-hydrogen) atoms. The maximum atomic E-state index is 6.17.